The number of hydrogen-bond acceptors (Lipinski definition) is 5. The molecule has 6 N–H and O–H groups in total. The first kappa shape index (κ1) is 23.0. The van der Waals surface area contributed by atoms with Crippen molar-refractivity contribution in [2.24, 2.45) is 16.5 Å². The maximum atomic E-state index is 11.8. The lowest BCUT2D eigenvalue weighted by molar-refractivity contribution is -0.114. The van der Waals surface area contributed by atoms with E-state index in [1.807, 2.05) is 48.5 Å². The van der Waals surface area contributed by atoms with Gasteiger partial charge in [-0.25, -0.2) is 9.98 Å². The molecule has 0 spiro atoms. The Labute approximate surface area is 190 Å². The van der Waals surface area contributed by atoms with E-state index in [2.05, 4.69) is 20.6 Å². The first-order chi connectivity index (χ1) is 15.3. The summed E-state index contributed by atoms with van der Waals surface area (Å²) in [6.45, 7) is 1.47. The van der Waals surface area contributed by atoms with Crippen LogP contribution in [0.4, 0.5) is 10.8 Å². The summed E-state index contributed by atoms with van der Waals surface area (Å²) < 4.78 is 0. The minimum atomic E-state index is -0.151. The Kier molecular flexibility index (Phi) is 7.56. The molecule has 8 nitrogen and oxygen atoms in total. The first-order valence-corrected chi connectivity index (χ1v) is 10.9. The fourth-order valence-electron chi connectivity index (χ4n) is 3.17. The molecule has 0 atom stereocenters. The summed E-state index contributed by atoms with van der Waals surface area (Å²) in [4.78, 5) is 33.0. The molecule has 1 aromatic heterocycles. The molecule has 1 heterocycles. The molecule has 32 heavy (non-hydrogen) atoms. The Balaban J connectivity index is 1.76. The fourth-order valence-corrected chi connectivity index (χ4v) is 4.26. The van der Waals surface area contributed by atoms with Gasteiger partial charge in [-0.2, -0.15) is 0 Å². The number of aryl methyl sites for hydroxylation is 2. The minimum Gasteiger partial charge on any atom is -0.370 e. The minimum absolute atomic E-state index is 0.0266. The second kappa shape index (κ2) is 10.5. The summed E-state index contributed by atoms with van der Waals surface area (Å²) >= 11 is 1.47. The van der Waals surface area contributed by atoms with Gasteiger partial charge in [0, 0.05) is 30.8 Å². The zero-order valence-corrected chi connectivity index (χ0v) is 18.8. The zero-order chi connectivity index (χ0) is 23.1. The maximum Gasteiger partial charge on any atom is 0.251 e. The summed E-state index contributed by atoms with van der Waals surface area (Å²) in [5, 5.41) is 5.99. The van der Waals surface area contributed by atoms with Crippen LogP contribution in [0.15, 0.2) is 53.5 Å². The molecule has 0 saturated heterocycles. The Bertz CT molecular complexity index is 1120. The highest BCUT2D eigenvalue weighted by atomic mass is 32.1. The Morgan fingerprint density at radius 2 is 1.66 bits per heavy atom. The highest BCUT2D eigenvalue weighted by Gasteiger charge is 2.14. The van der Waals surface area contributed by atoms with E-state index in [9.17, 15) is 9.59 Å². The molecule has 0 unspecified atom stereocenters. The standard InChI is InChI=1S/C23H26N6O2S/c1-14(30)27-23-29-19(12-7-15-5-10-18(11-6-15)28-22(24)25)20(32-23)13-16-3-8-17(9-4-16)21(31)26-2/h3-6,8-11H,7,12-13H2,1-2H3,(H,26,31)(H4,24,25,28)(H,27,29,30). The van der Waals surface area contributed by atoms with Gasteiger partial charge in [0.15, 0.2) is 11.1 Å². The predicted molar refractivity (Wildman–Crippen MR) is 128 cm³/mol. The fraction of sp³-hybridized carbons (Fsp3) is 0.217. The largest absolute Gasteiger partial charge is 0.370 e. The molecule has 0 aliphatic rings. The van der Waals surface area contributed by atoms with Crippen LogP contribution in [0.3, 0.4) is 0 Å². The predicted octanol–water partition coefficient (Wildman–Crippen LogP) is 2.74. The SMILES string of the molecule is CNC(=O)c1ccc(Cc2sc(NC(C)=O)nc2CCc2ccc(N=C(N)N)cc2)cc1. The molecule has 0 bridgehead atoms. The lowest BCUT2D eigenvalue weighted by Crippen LogP contribution is -2.21. The van der Waals surface area contributed by atoms with Gasteiger partial charge >= 0.3 is 0 Å². The number of benzene rings is 2. The van der Waals surface area contributed by atoms with Crippen molar-refractivity contribution in [3.63, 3.8) is 0 Å². The van der Waals surface area contributed by atoms with E-state index in [0.717, 1.165) is 34.5 Å². The van der Waals surface area contributed by atoms with Crippen LogP contribution >= 0.6 is 11.3 Å². The zero-order valence-electron chi connectivity index (χ0n) is 18.0. The average Bonchev–Trinajstić information content (AvgIpc) is 3.13. The quantitative estimate of drug-likeness (QED) is 0.309. The Morgan fingerprint density at radius 1 is 1.00 bits per heavy atom. The number of aliphatic imine (C=N–C) groups is 1. The molecule has 166 valence electrons. The van der Waals surface area contributed by atoms with Crippen LogP contribution in [-0.4, -0.2) is 29.8 Å². The van der Waals surface area contributed by atoms with Gasteiger partial charge in [0.1, 0.15) is 0 Å². The van der Waals surface area contributed by atoms with E-state index in [-0.39, 0.29) is 17.8 Å². The molecule has 2 aromatic carbocycles. The van der Waals surface area contributed by atoms with Crippen molar-refractivity contribution < 1.29 is 9.59 Å². The average molecular weight is 451 g/mol. The van der Waals surface area contributed by atoms with Crippen LogP contribution in [0.1, 0.15) is 39.0 Å². The molecule has 3 aromatic rings. The highest BCUT2D eigenvalue weighted by Crippen LogP contribution is 2.27. The summed E-state index contributed by atoms with van der Waals surface area (Å²) in [5.41, 5.74) is 15.3. The lowest BCUT2D eigenvalue weighted by Gasteiger charge is -2.05. The number of thiazole rings is 1. The van der Waals surface area contributed by atoms with E-state index in [4.69, 9.17) is 11.5 Å². The van der Waals surface area contributed by atoms with Crippen molar-refractivity contribution in [2.45, 2.75) is 26.2 Å². The van der Waals surface area contributed by atoms with Gasteiger partial charge < -0.3 is 22.1 Å². The summed E-state index contributed by atoms with van der Waals surface area (Å²) in [5.74, 6) is -0.241. The Hall–Kier alpha value is -3.72. The normalized spacial score (nSPS) is 10.4. The van der Waals surface area contributed by atoms with E-state index >= 15 is 0 Å². The van der Waals surface area contributed by atoms with Gasteiger partial charge in [0.2, 0.25) is 5.91 Å². The number of aromatic nitrogens is 1. The highest BCUT2D eigenvalue weighted by molar-refractivity contribution is 7.15. The third-order valence-corrected chi connectivity index (χ3v) is 5.73. The number of carbonyl (C=O) groups is 2. The van der Waals surface area contributed by atoms with Crippen molar-refractivity contribution in [2.75, 3.05) is 12.4 Å². The second-order valence-electron chi connectivity index (χ2n) is 7.23. The van der Waals surface area contributed by atoms with Crippen LogP contribution in [0, 0.1) is 0 Å². The number of nitrogens with two attached hydrogens (primary N) is 2. The van der Waals surface area contributed by atoms with Crippen molar-refractivity contribution in [3.8, 4) is 0 Å². The van der Waals surface area contributed by atoms with Crippen LogP contribution in [-0.2, 0) is 24.1 Å². The maximum absolute atomic E-state index is 11.8. The van der Waals surface area contributed by atoms with Crippen molar-refractivity contribution >= 4 is 39.9 Å². The Morgan fingerprint density at radius 3 is 2.25 bits per heavy atom. The van der Waals surface area contributed by atoms with Crippen molar-refractivity contribution in [1.29, 1.82) is 0 Å². The molecular formula is C23H26N6O2S. The number of hydrogen-bond donors (Lipinski definition) is 4. The van der Waals surface area contributed by atoms with Gasteiger partial charge in [-0.15, -0.1) is 11.3 Å². The molecule has 0 fully saturated rings. The summed E-state index contributed by atoms with van der Waals surface area (Å²) in [6.07, 6.45) is 2.18. The summed E-state index contributed by atoms with van der Waals surface area (Å²) in [7, 11) is 1.61. The number of nitrogens with one attached hydrogen (secondary N) is 2. The lowest BCUT2D eigenvalue weighted by atomic mass is 10.0. The summed E-state index contributed by atoms with van der Waals surface area (Å²) in [6, 6.07) is 15.2. The smallest absolute Gasteiger partial charge is 0.251 e. The van der Waals surface area contributed by atoms with E-state index < -0.39 is 0 Å². The van der Waals surface area contributed by atoms with Gasteiger partial charge in [-0.1, -0.05) is 24.3 Å². The number of carbonyl (C=O) groups excluding carboxylic acids is 2. The van der Waals surface area contributed by atoms with E-state index in [0.29, 0.717) is 22.8 Å². The third kappa shape index (κ3) is 6.39. The van der Waals surface area contributed by atoms with E-state index in [1.54, 1.807) is 7.05 Å². The number of rotatable bonds is 8. The monoisotopic (exact) mass is 450 g/mol. The number of guanidine groups is 1. The van der Waals surface area contributed by atoms with E-state index in [1.165, 1.54) is 18.3 Å². The van der Waals surface area contributed by atoms with Gasteiger partial charge in [0.25, 0.3) is 5.91 Å². The van der Waals surface area contributed by atoms with Crippen molar-refractivity contribution in [1.82, 2.24) is 10.3 Å². The first-order valence-electron chi connectivity index (χ1n) is 10.1. The molecule has 2 amide bonds. The molecule has 0 aliphatic carbocycles. The topological polar surface area (TPSA) is 135 Å². The van der Waals surface area contributed by atoms with Crippen LogP contribution in [0.25, 0.3) is 0 Å². The van der Waals surface area contributed by atoms with Crippen LogP contribution in [0.5, 0.6) is 0 Å². The molecule has 3 rings (SSSR count). The molecule has 9 heteroatoms. The number of anilines is 1. The van der Waals surface area contributed by atoms with Crippen LogP contribution < -0.4 is 22.1 Å². The number of nitrogens with zero attached hydrogens (tertiary/aromatic N) is 2. The van der Waals surface area contributed by atoms with Gasteiger partial charge in [0.05, 0.1) is 11.4 Å². The molecule has 0 radical (unpaired) electrons. The van der Waals surface area contributed by atoms with Gasteiger partial charge in [-0.05, 0) is 48.2 Å². The molecule has 0 saturated carbocycles. The third-order valence-electron chi connectivity index (χ3n) is 4.71. The molecule has 0 aliphatic heterocycles. The number of amides is 2. The van der Waals surface area contributed by atoms with Crippen molar-refractivity contribution in [3.05, 3.63) is 75.8 Å². The molecular weight excluding hydrogens is 424 g/mol. The van der Waals surface area contributed by atoms with Crippen LogP contribution in [0.2, 0.25) is 0 Å². The second-order valence-corrected chi connectivity index (χ2v) is 8.31. The van der Waals surface area contributed by atoms with Gasteiger partial charge in [-0.3, -0.25) is 9.59 Å².